The molecule has 0 aromatic heterocycles. The number of carbonyl (C=O) groups excluding carboxylic acids is 1. The minimum atomic E-state index is -1.25. The third kappa shape index (κ3) is 3.27. The summed E-state index contributed by atoms with van der Waals surface area (Å²) in [5.74, 6) is -1.20. The number of hydrogen-bond donors (Lipinski definition) is 2. The molecule has 0 aromatic carbocycles. The van der Waals surface area contributed by atoms with Crippen molar-refractivity contribution in [3.05, 3.63) is 46.6 Å². The van der Waals surface area contributed by atoms with Gasteiger partial charge < -0.3 is 10.2 Å². The van der Waals surface area contributed by atoms with Crippen molar-refractivity contribution in [2.45, 2.75) is 66.6 Å². The molecule has 0 saturated heterocycles. The van der Waals surface area contributed by atoms with Crippen LogP contribution in [0.15, 0.2) is 46.6 Å². The molecule has 0 heterocycles. The number of hydrogen-bond acceptors (Lipinski definition) is 3. The maximum atomic E-state index is 13.5. The topological polar surface area (TPSA) is 57.5 Å². The SMILES string of the molecule is CC1=C(C(C)C)C(C)(O)C(C(=O)C2C=CC(C)=C(C(C)C)C2(C)O)C=C1. The molecule has 4 atom stereocenters. The second-order valence-electron chi connectivity index (χ2n) is 8.87. The van der Waals surface area contributed by atoms with E-state index in [0.717, 1.165) is 22.3 Å². The highest BCUT2D eigenvalue weighted by Crippen LogP contribution is 2.44. The van der Waals surface area contributed by atoms with E-state index in [4.69, 9.17) is 0 Å². The maximum Gasteiger partial charge on any atom is 0.153 e. The third-order valence-corrected chi connectivity index (χ3v) is 6.00. The average molecular weight is 359 g/mol. The van der Waals surface area contributed by atoms with Crippen LogP contribution in [0.1, 0.15) is 55.4 Å². The Bertz CT molecular complexity index is 652. The molecule has 0 fully saturated rings. The third-order valence-electron chi connectivity index (χ3n) is 6.00. The molecule has 0 bridgehead atoms. The van der Waals surface area contributed by atoms with Gasteiger partial charge in [-0.1, -0.05) is 52.0 Å². The Morgan fingerprint density at radius 1 is 0.846 bits per heavy atom. The van der Waals surface area contributed by atoms with Gasteiger partial charge in [0.1, 0.15) is 0 Å². The van der Waals surface area contributed by atoms with Crippen molar-refractivity contribution in [2.24, 2.45) is 23.7 Å². The molecule has 0 aromatic rings. The average Bonchev–Trinajstić information content (AvgIpc) is 2.43. The van der Waals surface area contributed by atoms with E-state index in [1.165, 1.54) is 0 Å². The molecule has 3 nitrogen and oxygen atoms in total. The van der Waals surface area contributed by atoms with Crippen molar-refractivity contribution < 1.29 is 15.0 Å². The Balaban J connectivity index is 2.45. The summed E-state index contributed by atoms with van der Waals surface area (Å²) in [6, 6.07) is 0. The smallest absolute Gasteiger partial charge is 0.153 e. The van der Waals surface area contributed by atoms with E-state index >= 15 is 0 Å². The summed E-state index contributed by atoms with van der Waals surface area (Å²) in [5.41, 5.74) is 1.32. The van der Waals surface area contributed by atoms with Crippen LogP contribution in [0.25, 0.3) is 0 Å². The second-order valence-corrected chi connectivity index (χ2v) is 8.87. The summed E-state index contributed by atoms with van der Waals surface area (Å²) in [6.07, 6.45) is 7.46. The van der Waals surface area contributed by atoms with E-state index in [2.05, 4.69) is 0 Å². The lowest BCUT2D eigenvalue weighted by Gasteiger charge is -2.43. The maximum absolute atomic E-state index is 13.5. The highest BCUT2D eigenvalue weighted by atomic mass is 16.3. The van der Waals surface area contributed by atoms with E-state index in [1.807, 2.05) is 53.7 Å². The van der Waals surface area contributed by atoms with Gasteiger partial charge in [0.15, 0.2) is 5.78 Å². The monoisotopic (exact) mass is 358 g/mol. The molecular formula is C23H34O3. The summed E-state index contributed by atoms with van der Waals surface area (Å²) in [5, 5.41) is 22.6. The largest absolute Gasteiger partial charge is 0.385 e. The molecule has 0 saturated carbocycles. The molecule has 0 aliphatic heterocycles. The standard InChI is InChI=1S/C23H34O3/c1-13(2)19-15(5)9-11-17(22(19,7)25)21(24)18-12-10-16(6)20(14(3)4)23(18,8)26/h9-14,17-18,25-26H,1-8H3. The summed E-state index contributed by atoms with van der Waals surface area (Å²) >= 11 is 0. The van der Waals surface area contributed by atoms with Crippen molar-refractivity contribution in [1.29, 1.82) is 0 Å². The van der Waals surface area contributed by atoms with E-state index in [-0.39, 0.29) is 17.6 Å². The van der Waals surface area contributed by atoms with Crippen molar-refractivity contribution in [3.8, 4) is 0 Å². The van der Waals surface area contributed by atoms with E-state index in [0.29, 0.717) is 0 Å². The first-order valence-electron chi connectivity index (χ1n) is 9.60. The number of carbonyl (C=O) groups is 1. The minimum Gasteiger partial charge on any atom is -0.385 e. The fourth-order valence-corrected chi connectivity index (χ4v) is 5.19. The number of rotatable bonds is 4. The van der Waals surface area contributed by atoms with Crippen molar-refractivity contribution in [2.75, 3.05) is 0 Å². The fraction of sp³-hybridized carbons (Fsp3) is 0.609. The van der Waals surface area contributed by atoms with Crippen LogP contribution in [0.4, 0.5) is 0 Å². The highest BCUT2D eigenvalue weighted by molar-refractivity contribution is 5.90. The van der Waals surface area contributed by atoms with Crippen LogP contribution in [0.3, 0.4) is 0 Å². The molecule has 2 N–H and O–H groups in total. The van der Waals surface area contributed by atoms with E-state index in [1.54, 1.807) is 26.0 Å². The summed E-state index contributed by atoms with van der Waals surface area (Å²) in [4.78, 5) is 13.5. The van der Waals surface area contributed by atoms with Gasteiger partial charge in [-0.25, -0.2) is 0 Å². The van der Waals surface area contributed by atoms with Crippen LogP contribution in [-0.4, -0.2) is 27.2 Å². The quantitative estimate of drug-likeness (QED) is 0.784. The normalized spacial score (nSPS) is 35.1. The Hall–Kier alpha value is -1.45. The van der Waals surface area contributed by atoms with Gasteiger partial charge in [0.2, 0.25) is 0 Å². The molecule has 0 amide bonds. The van der Waals surface area contributed by atoms with Gasteiger partial charge in [0.25, 0.3) is 0 Å². The molecule has 144 valence electrons. The molecule has 3 heteroatoms. The van der Waals surface area contributed by atoms with Crippen LogP contribution in [0.2, 0.25) is 0 Å². The summed E-state index contributed by atoms with van der Waals surface area (Å²) < 4.78 is 0. The molecule has 4 unspecified atom stereocenters. The van der Waals surface area contributed by atoms with Gasteiger partial charge in [-0.15, -0.1) is 0 Å². The Morgan fingerprint density at radius 2 is 1.15 bits per heavy atom. The van der Waals surface area contributed by atoms with Crippen LogP contribution in [0, 0.1) is 23.7 Å². The number of Topliss-reactive ketones (excluding diaryl/α,β-unsaturated/α-hetero) is 1. The molecule has 2 aliphatic carbocycles. The molecule has 0 radical (unpaired) electrons. The Morgan fingerprint density at radius 3 is 1.42 bits per heavy atom. The highest BCUT2D eigenvalue weighted by Gasteiger charge is 2.49. The van der Waals surface area contributed by atoms with Crippen LogP contribution >= 0.6 is 0 Å². The van der Waals surface area contributed by atoms with Crippen LogP contribution < -0.4 is 0 Å². The van der Waals surface area contributed by atoms with Crippen molar-refractivity contribution >= 4 is 5.78 Å². The Kier molecular flexibility index (Phi) is 5.56. The first-order valence-corrected chi connectivity index (χ1v) is 9.60. The summed E-state index contributed by atoms with van der Waals surface area (Å²) in [6.45, 7) is 15.5. The van der Waals surface area contributed by atoms with Gasteiger partial charge in [-0.05, 0) is 61.8 Å². The number of allylic oxidation sites excluding steroid dienone is 4. The minimum absolute atomic E-state index is 0.135. The van der Waals surface area contributed by atoms with E-state index < -0.39 is 23.0 Å². The van der Waals surface area contributed by atoms with Gasteiger partial charge in [-0.3, -0.25) is 4.79 Å². The summed E-state index contributed by atoms with van der Waals surface area (Å²) in [7, 11) is 0. The number of ketones is 1. The van der Waals surface area contributed by atoms with Gasteiger partial charge in [-0.2, -0.15) is 0 Å². The molecule has 0 spiro atoms. The lowest BCUT2D eigenvalue weighted by atomic mass is 9.64. The fourth-order valence-electron chi connectivity index (χ4n) is 5.19. The van der Waals surface area contributed by atoms with Gasteiger partial charge >= 0.3 is 0 Å². The zero-order chi connectivity index (χ0) is 20.0. The molecule has 2 aliphatic rings. The molecule has 2 rings (SSSR count). The van der Waals surface area contributed by atoms with Crippen molar-refractivity contribution in [1.82, 2.24) is 0 Å². The lowest BCUT2D eigenvalue weighted by Crippen LogP contribution is -2.51. The Labute approximate surface area is 158 Å². The number of aliphatic hydroxyl groups is 2. The lowest BCUT2D eigenvalue weighted by molar-refractivity contribution is -0.135. The zero-order valence-electron chi connectivity index (χ0n) is 17.4. The van der Waals surface area contributed by atoms with Crippen molar-refractivity contribution in [3.63, 3.8) is 0 Å². The van der Waals surface area contributed by atoms with Crippen LogP contribution in [0.5, 0.6) is 0 Å². The predicted octanol–water partition coefficient (Wildman–Crippen LogP) is 4.37. The molecule has 26 heavy (non-hydrogen) atoms. The second kappa shape index (κ2) is 6.94. The van der Waals surface area contributed by atoms with Gasteiger partial charge in [0.05, 0.1) is 23.0 Å². The first kappa shape index (κ1) is 20.9. The molecular weight excluding hydrogens is 324 g/mol. The predicted molar refractivity (Wildman–Crippen MR) is 107 cm³/mol. The first-order chi connectivity index (χ1) is 11.8. The van der Waals surface area contributed by atoms with E-state index in [9.17, 15) is 15.0 Å². The van der Waals surface area contributed by atoms with Gasteiger partial charge in [0, 0.05) is 0 Å². The zero-order valence-corrected chi connectivity index (χ0v) is 17.4. The van der Waals surface area contributed by atoms with Crippen LogP contribution in [-0.2, 0) is 4.79 Å².